The van der Waals surface area contributed by atoms with Crippen LogP contribution in [0.5, 0.6) is 0 Å². The summed E-state index contributed by atoms with van der Waals surface area (Å²) < 4.78 is 0. The van der Waals surface area contributed by atoms with E-state index in [1.165, 1.54) is 66.1 Å². The second-order valence-corrected chi connectivity index (χ2v) is 9.47. The predicted octanol–water partition coefficient (Wildman–Crippen LogP) is 9.45. The number of rotatable bonds is 4. The van der Waals surface area contributed by atoms with Crippen molar-refractivity contribution in [1.29, 1.82) is 0 Å². The maximum absolute atomic E-state index is 4.16. The molecule has 0 fully saturated rings. The van der Waals surface area contributed by atoms with E-state index in [1.54, 1.807) is 0 Å². The molecule has 2 heterocycles. The van der Waals surface area contributed by atoms with E-state index in [4.69, 9.17) is 0 Å². The molecule has 0 amide bonds. The van der Waals surface area contributed by atoms with Crippen LogP contribution >= 0.6 is 0 Å². The van der Waals surface area contributed by atoms with Gasteiger partial charge in [0, 0.05) is 24.8 Å². The molecule has 7 aromatic rings. The number of pyridine rings is 2. The number of fused-ring (bicyclic) bond motifs is 2. The van der Waals surface area contributed by atoms with Crippen molar-refractivity contribution in [3.63, 3.8) is 0 Å². The van der Waals surface area contributed by atoms with Gasteiger partial charge in [-0.1, -0.05) is 97.1 Å². The molecule has 7 rings (SSSR count). The minimum absolute atomic E-state index is 1.17. The van der Waals surface area contributed by atoms with Crippen LogP contribution in [0.2, 0.25) is 0 Å². The van der Waals surface area contributed by atoms with E-state index in [2.05, 4.69) is 131 Å². The minimum atomic E-state index is 1.17. The second kappa shape index (κ2) is 9.42. The molecule has 0 saturated heterocycles. The lowest BCUT2D eigenvalue weighted by Crippen LogP contribution is -1.91. The maximum Gasteiger partial charge on any atom is 0.0273 e. The van der Waals surface area contributed by atoms with E-state index in [9.17, 15) is 0 Å². The quantitative estimate of drug-likeness (QED) is 0.233. The van der Waals surface area contributed by atoms with Crippen LogP contribution in [0.25, 0.3) is 66.1 Å². The number of aromatic nitrogens is 2. The first-order chi connectivity index (χ1) is 18.9. The Hall–Kier alpha value is -5.08. The zero-order valence-corrected chi connectivity index (χ0v) is 20.8. The molecule has 0 saturated carbocycles. The molecule has 2 heteroatoms. The van der Waals surface area contributed by atoms with E-state index in [0.29, 0.717) is 0 Å². The Morgan fingerprint density at radius 1 is 0.263 bits per heavy atom. The highest BCUT2D eigenvalue weighted by Crippen LogP contribution is 2.44. The monoisotopic (exact) mass is 484 g/mol. The van der Waals surface area contributed by atoms with Gasteiger partial charge < -0.3 is 0 Å². The van der Waals surface area contributed by atoms with Crippen LogP contribution in [0.3, 0.4) is 0 Å². The van der Waals surface area contributed by atoms with Crippen LogP contribution in [-0.4, -0.2) is 9.97 Å². The number of hydrogen-bond acceptors (Lipinski definition) is 2. The van der Waals surface area contributed by atoms with Crippen molar-refractivity contribution in [1.82, 2.24) is 9.97 Å². The molecule has 0 atom stereocenters. The lowest BCUT2D eigenvalue weighted by molar-refractivity contribution is 1.33. The van der Waals surface area contributed by atoms with Crippen LogP contribution in [0.1, 0.15) is 0 Å². The van der Waals surface area contributed by atoms with E-state index in [0.717, 1.165) is 0 Å². The van der Waals surface area contributed by atoms with E-state index >= 15 is 0 Å². The molecule has 5 aromatic carbocycles. The van der Waals surface area contributed by atoms with Gasteiger partial charge in [-0.05, 0) is 90.3 Å². The van der Waals surface area contributed by atoms with Crippen molar-refractivity contribution in [3.8, 4) is 44.5 Å². The minimum Gasteiger partial charge on any atom is -0.265 e. The summed E-state index contributed by atoms with van der Waals surface area (Å²) >= 11 is 0. The van der Waals surface area contributed by atoms with Gasteiger partial charge in [0.05, 0.1) is 0 Å². The first-order valence-electron chi connectivity index (χ1n) is 12.8. The van der Waals surface area contributed by atoms with Gasteiger partial charge in [-0.2, -0.15) is 0 Å². The molecule has 0 aliphatic carbocycles. The van der Waals surface area contributed by atoms with Gasteiger partial charge in [0.15, 0.2) is 0 Å². The van der Waals surface area contributed by atoms with Gasteiger partial charge in [-0.25, -0.2) is 0 Å². The molecule has 178 valence electrons. The first-order valence-corrected chi connectivity index (χ1v) is 12.8. The van der Waals surface area contributed by atoms with Gasteiger partial charge in [-0.15, -0.1) is 0 Å². The van der Waals surface area contributed by atoms with Crippen LogP contribution < -0.4 is 0 Å². The van der Waals surface area contributed by atoms with E-state index in [-0.39, 0.29) is 0 Å². The van der Waals surface area contributed by atoms with E-state index in [1.807, 2.05) is 24.8 Å². The molecule has 0 aliphatic heterocycles. The Kier molecular flexibility index (Phi) is 5.49. The summed E-state index contributed by atoms with van der Waals surface area (Å²) in [6.07, 6.45) is 7.36. The van der Waals surface area contributed by atoms with Gasteiger partial charge in [-0.3, -0.25) is 9.97 Å². The Morgan fingerprint density at radius 3 is 0.842 bits per heavy atom. The Balaban J connectivity index is 1.43. The smallest absolute Gasteiger partial charge is 0.0273 e. The number of nitrogens with zero attached hydrogens (tertiary/aromatic N) is 2. The Morgan fingerprint density at radius 2 is 0.526 bits per heavy atom. The third-order valence-corrected chi connectivity index (χ3v) is 7.31. The van der Waals surface area contributed by atoms with Crippen LogP contribution in [0.15, 0.2) is 146 Å². The molecule has 0 spiro atoms. The summed E-state index contributed by atoms with van der Waals surface area (Å²) in [5.41, 5.74) is 9.71. The SMILES string of the molecule is c1ccc2c(-c3ccc(-c4ccncc4)cc3)c3ccccc3c(-c3ccc(-c4ccncc4)cc3)c2c1. The molecule has 0 aliphatic rings. The van der Waals surface area contributed by atoms with Crippen molar-refractivity contribution in [3.05, 3.63) is 146 Å². The Labute approximate surface area is 221 Å². The fourth-order valence-corrected chi connectivity index (χ4v) is 5.50. The third kappa shape index (κ3) is 3.84. The molecule has 38 heavy (non-hydrogen) atoms. The zero-order chi connectivity index (χ0) is 25.3. The lowest BCUT2D eigenvalue weighted by atomic mass is 9.85. The molecular weight excluding hydrogens is 460 g/mol. The topological polar surface area (TPSA) is 25.8 Å². The van der Waals surface area contributed by atoms with Crippen LogP contribution in [-0.2, 0) is 0 Å². The molecule has 0 radical (unpaired) electrons. The molecule has 0 unspecified atom stereocenters. The molecular formula is C36H24N2. The van der Waals surface area contributed by atoms with Gasteiger partial charge in [0.2, 0.25) is 0 Å². The number of benzene rings is 5. The van der Waals surface area contributed by atoms with Crippen molar-refractivity contribution >= 4 is 21.5 Å². The number of hydrogen-bond donors (Lipinski definition) is 0. The normalized spacial score (nSPS) is 11.2. The predicted molar refractivity (Wildman–Crippen MR) is 159 cm³/mol. The standard InChI is InChI=1S/C36H24N2/c1-2-6-32-31(5-1)35(29-13-9-25(10-14-29)27-17-21-37-22-18-27)33-7-3-4-8-34(33)36(32)30-15-11-26(12-16-30)28-19-23-38-24-20-28/h1-24H. The van der Waals surface area contributed by atoms with Crippen molar-refractivity contribution in [2.45, 2.75) is 0 Å². The Bertz CT molecular complexity index is 1680. The van der Waals surface area contributed by atoms with Crippen molar-refractivity contribution < 1.29 is 0 Å². The van der Waals surface area contributed by atoms with Crippen molar-refractivity contribution in [2.75, 3.05) is 0 Å². The molecule has 0 bridgehead atoms. The summed E-state index contributed by atoms with van der Waals surface area (Å²) in [6, 6.07) is 43.6. The highest BCUT2D eigenvalue weighted by atomic mass is 14.6. The molecule has 0 N–H and O–H groups in total. The fraction of sp³-hybridized carbons (Fsp3) is 0. The highest BCUT2D eigenvalue weighted by Gasteiger charge is 2.16. The second-order valence-electron chi connectivity index (χ2n) is 9.47. The molecule has 2 aromatic heterocycles. The maximum atomic E-state index is 4.16. The van der Waals surface area contributed by atoms with Gasteiger partial charge in [0.1, 0.15) is 0 Å². The third-order valence-electron chi connectivity index (χ3n) is 7.31. The summed E-state index contributed by atoms with van der Waals surface area (Å²) in [5.74, 6) is 0. The van der Waals surface area contributed by atoms with E-state index < -0.39 is 0 Å². The fourth-order valence-electron chi connectivity index (χ4n) is 5.50. The van der Waals surface area contributed by atoms with Crippen LogP contribution in [0.4, 0.5) is 0 Å². The summed E-state index contributed by atoms with van der Waals surface area (Å²) in [5, 5.41) is 5.04. The highest BCUT2D eigenvalue weighted by molar-refractivity contribution is 6.21. The summed E-state index contributed by atoms with van der Waals surface area (Å²) in [7, 11) is 0. The average molecular weight is 485 g/mol. The summed E-state index contributed by atoms with van der Waals surface area (Å²) in [6.45, 7) is 0. The van der Waals surface area contributed by atoms with Gasteiger partial charge >= 0.3 is 0 Å². The molecule has 2 nitrogen and oxygen atoms in total. The zero-order valence-electron chi connectivity index (χ0n) is 20.8. The van der Waals surface area contributed by atoms with Crippen LogP contribution in [0, 0.1) is 0 Å². The van der Waals surface area contributed by atoms with Crippen molar-refractivity contribution in [2.24, 2.45) is 0 Å². The summed E-state index contributed by atoms with van der Waals surface area (Å²) in [4.78, 5) is 8.31. The average Bonchev–Trinajstić information content (AvgIpc) is 3.01. The van der Waals surface area contributed by atoms with Gasteiger partial charge in [0.25, 0.3) is 0 Å². The lowest BCUT2D eigenvalue weighted by Gasteiger charge is -2.18. The largest absolute Gasteiger partial charge is 0.265 e. The first kappa shape index (κ1) is 22.1.